The fourth-order valence-electron chi connectivity index (χ4n) is 4.52. The highest BCUT2D eigenvalue weighted by molar-refractivity contribution is 6.03. The standard InChI is InChI=1S/C33H33N3O4/c1-5-24(4)39-31-18-12-25-8-6-7-9-29(25)30(31)20-34-35-33(37)32-19-17-28(40-32)21-38-27-15-13-26(14-16-27)36-22(2)10-11-23(36)3/h6-20,24H,5,21H2,1-4H3,(H,35,37)/b34-20+/t24-/m0/s1. The highest BCUT2D eigenvalue weighted by Gasteiger charge is 2.13. The molecule has 7 heteroatoms. The molecule has 0 unspecified atom stereocenters. The number of fused-ring (bicyclic) bond motifs is 1. The lowest BCUT2D eigenvalue weighted by atomic mass is 10.0. The second-order valence-electron chi connectivity index (χ2n) is 9.73. The molecular formula is C33H33N3O4. The summed E-state index contributed by atoms with van der Waals surface area (Å²) in [5.41, 5.74) is 6.79. The summed E-state index contributed by atoms with van der Waals surface area (Å²) in [5.74, 6) is 1.67. The first-order chi connectivity index (χ1) is 19.4. The Morgan fingerprint density at radius 2 is 1.73 bits per heavy atom. The molecule has 5 aromatic rings. The van der Waals surface area contributed by atoms with Crippen LogP contribution in [0.25, 0.3) is 16.5 Å². The number of aryl methyl sites for hydroxylation is 2. The van der Waals surface area contributed by atoms with Crippen LogP contribution in [0.5, 0.6) is 11.5 Å². The molecule has 0 radical (unpaired) electrons. The lowest BCUT2D eigenvalue weighted by Crippen LogP contribution is -2.17. The molecule has 7 nitrogen and oxygen atoms in total. The Kier molecular flexibility index (Phi) is 8.01. The van der Waals surface area contributed by atoms with Crippen molar-refractivity contribution in [2.45, 2.75) is 46.8 Å². The first kappa shape index (κ1) is 26.8. The second-order valence-corrected chi connectivity index (χ2v) is 9.73. The highest BCUT2D eigenvalue weighted by atomic mass is 16.5. The number of hydrogen-bond acceptors (Lipinski definition) is 5. The SMILES string of the molecule is CC[C@H](C)Oc1ccc2ccccc2c1/C=N/NC(=O)c1ccc(COc2ccc(-n3c(C)ccc3C)cc2)o1. The van der Waals surface area contributed by atoms with E-state index < -0.39 is 5.91 Å². The third-order valence-electron chi connectivity index (χ3n) is 6.83. The number of hydrogen-bond donors (Lipinski definition) is 1. The number of carbonyl (C=O) groups is 1. The lowest BCUT2D eigenvalue weighted by molar-refractivity contribution is 0.0923. The number of aromatic nitrogens is 1. The maximum Gasteiger partial charge on any atom is 0.307 e. The normalized spacial score (nSPS) is 12.1. The van der Waals surface area contributed by atoms with Gasteiger partial charge in [0.15, 0.2) is 5.76 Å². The van der Waals surface area contributed by atoms with Gasteiger partial charge in [-0.1, -0.05) is 37.3 Å². The van der Waals surface area contributed by atoms with Gasteiger partial charge in [0.1, 0.15) is 23.9 Å². The zero-order valence-electron chi connectivity index (χ0n) is 23.2. The maximum absolute atomic E-state index is 12.7. The van der Waals surface area contributed by atoms with Gasteiger partial charge < -0.3 is 18.5 Å². The third-order valence-corrected chi connectivity index (χ3v) is 6.83. The highest BCUT2D eigenvalue weighted by Crippen LogP contribution is 2.28. The number of amides is 1. The molecule has 0 aliphatic carbocycles. The number of carbonyl (C=O) groups excluding carboxylic acids is 1. The summed E-state index contributed by atoms with van der Waals surface area (Å²) in [6.07, 6.45) is 2.55. The molecule has 0 fully saturated rings. The predicted molar refractivity (Wildman–Crippen MR) is 158 cm³/mol. The van der Waals surface area contributed by atoms with Crippen LogP contribution in [-0.2, 0) is 6.61 Å². The first-order valence-corrected chi connectivity index (χ1v) is 13.4. The molecule has 0 spiro atoms. The number of rotatable bonds is 10. The van der Waals surface area contributed by atoms with Gasteiger partial charge in [0.25, 0.3) is 0 Å². The molecule has 0 saturated carbocycles. The topological polar surface area (TPSA) is 78.0 Å². The minimum Gasteiger partial charge on any atom is -0.490 e. The van der Waals surface area contributed by atoms with E-state index in [1.807, 2.05) is 67.6 Å². The van der Waals surface area contributed by atoms with Gasteiger partial charge in [-0.05, 0) is 92.6 Å². The van der Waals surface area contributed by atoms with E-state index in [1.54, 1.807) is 18.3 Å². The van der Waals surface area contributed by atoms with Gasteiger partial charge in [-0.3, -0.25) is 4.79 Å². The van der Waals surface area contributed by atoms with Crippen LogP contribution in [0.4, 0.5) is 0 Å². The number of ether oxygens (including phenoxy) is 2. The van der Waals surface area contributed by atoms with Crippen molar-refractivity contribution in [2.24, 2.45) is 5.10 Å². The number of benzene rings is 3. The van der Waals surface area contributed by atoms with Crippen LogP contribution in [0.3, 0.4) is 0 Å². The molecule has 0 aliphatic rings. The van der Waals surface area contributed by atoms with Gasteiger partial charge in [0, 0.05) is 22.6 Å². The molecule has 2 aromatic heterocycles. The van der Waals surface area contributed by atoms with Crippen molar-refractivity contribution in [1.82, 2.24) is 9.99 Å². The van der Waals surface area contributed by atoms with E-state index >= 15 is 0 Å². The summed E-state index contributed by atoms with van der Waals surface area (Å²) in [4.78, 5) is 12.7. The zero-order chi connectivity index (χ0) is 28.1. The van der Waals surface area contributed by atoms with E-state index in [0.717, 1.165) is 34.2 Å². The predicted octanol–water partition coefficient (Wildman–Crippen LogP) is 7.36. The van der Waals surface area contributed by atoms with Crippen molar-refractivity contribution in [3.05, 3.63) is 113 Å². The smallest absolute Gasteiger partial charge is 0.307 e. The minimum atomic E-state index is -0.450. The van der Waals surface area contributed by atoms with Crippen LogP contribution < -0.4 is 14.9 Å². The summed E-state index contributed by atoms with van der Waals surface area (Å²) in [5, 5.41) is 6.26. The Morgan fingerprint density at radius 3 is 2.48 bits per heavy atom. The van der Waals surface area contributed by atoms with Crippen molar-refractivity contribution in [3.63, 3.8) is 0 Å². The Balaban J connectivity index is 1.22. The first-order valence-electron chi connectivity index (χ1n) is 13.4. The molecule has 1 amide bonds. The Hall–Kier alpha value is -4.78. The van der Waals surface area contributed by atoms with Crippen molar-refractivity contribution in [1.29, 1.82) is 0 Å². The van der Waals surface area contributed by atoms with Crippen molar-refractivity contribution < 1.29 is 18.7 Å². The third kappa shape index (κ3) is 5.94. The van der Waals surface area contributed by atoms with Gasteiger partial charge in [-0.25, -0.2) is 5.43 Å². The molecule has 0 saturated heterocycles. The Morgan fingerprint density at radius 1 is 0.975 bits per heavy atom. The molecule has 5 rings (SSSR count). The second kappa shape index (κ2) is 11.9. The molecule has 1 atom stereocenters. The van der Waals surface area contributed by atoms with Crippen molar-refractivity contribution in [3.8, 4) is 17.2 Å². The summed E-state index contributed by atoms with van der Waals surface area (Å²) in [6.45, 7) is 8.46. The van der Waals surface area contributed by atoms with Crippen LogP contribution in [0.1, 0.15) is 53.5 Å². The molecule has 0 bridgehead atoms. The molecule has 1 N–H and O–H groups in total. The summed E-state index contributed by atoms with van der Waals surface area (Å²) >= 11 is 0. The van der Waals surface area contributed by atoms with Crippen LogP contribution in [0.2, 0.25) is 0 Å². The van der Waals surface area contributed by atoms with Crippen molar-refractivity contribution >= 4 is 22.9 Å². The van der Waals surface area contributed by atoms with Gasteiger partial charge >= 0.3 is 5.91 Å². The van der Waals surface area contributed by atoms with Crippen LogP contribution >= 0.6 is 0 Å². The number of hydrazone groups is 1. The molecule has 40 heavy (non-hydrogen) atoms. The van der Waals surface area contributed by atoms with Gasteiger partial charge in [0.2, 0.25) is 0 Å². The number of nitrogens with one attached hydrogen (secondary N) is 1. The van der Waals surface area contributed by atoms with Gasteiger partial charge in [0.05, 0.1) is 12.3 Å². The molecular weight excluding hydrogens is 502 g/mol. The van der Waals surface area contributed by atoms with Gasteiger partial charge in [-0.15, -0.1) is 0 Å². The van der Waals surface area contributed by atoms with Crippen LogP contribution in [-0.4, -0.2) is 22.8 Å². The average molecular weight is 536 g/mol. The van der Waals surface area contributed by atoms with Crippen LogP contribution in [0, 0.1) is 13.8 Å². The van der Waals surface area contributed by atoms with Gasteiger partial charge in [-0.2, -0.15) is 5.10 Å². The fourth-order valence-corrected chi connectivity index (χ4v) is 4.52. The summed E-state index contributed by atoms with van der Waals surface area (Å²) in [7, 11) is 0. The van der Waals surface area contributed by atoms with Crippen molar-refractivity contribution in [2.75, 3.05) is 0 Å². The molecule has 0 aliphatic heterocycles. The molecule has 2 heterocycles. The maximum atomic E-state index is 12.7. The minimum absolute atomic E-state index is 0.0531. The lowest BCUT2D eigenvalue weighted by Gasteiger charge is -2.16. The van der Waals surface area contributed by atoms with E-state index in [1.165, 1.54) is 11.4 Å². The molecule has 204 valence electrons. The van der Waals surface area contributed by atoms with E-state index in [-0.39, 0.29) is 18.5 Å². The summed E-state index contributed by atoms with van der Waals surface area (Å²) in [6, 6.07) is 27.4. The van der Waals surface area contributed by atoms with E-state index in [0.29, 0.717) is 11.5 Å². The monoisotopic (exact) mass is 535 g/mol. The van der Waals surface area contributed by atoms with E-state index in [4.69, 9.17) is 13.9 Å². The van der Waals surface area contributed by atoms with Crippen LogP contribution in [0.15, 0.2) is 94.4 Å². The Labute approximate surface area is 234 Å². The fraction of sp³-hybridized carbons (Fsp3) is 0.212. The summed E-state index contributed by atoms with van der Waals surface area (Å²) < 4.78 is 19.9. The quantitative estimate of drug-likeness (QED) is 0.150. The zero-order valence-corrected chi connectivity index (χ0v) is 23.2. The largest absolute Gasteiger partial charge is 0.490 e. The number of nitrogens with zero attached hydrogens (tertiary/aromatic N) is 2. The van der Waals surface area contributed by atoms with E-state index in [9.17, 15) is 4.79 Å². The Bertz CT molecular complexity index is 1630. The average Bonchev–Trinajstić information content (AvgIpc) is 3.59. The molecule has 3 aromatic carbocycles. The number of furan rings is 1. The van der Waals surface area contributed by atoms with E-state index in [2.05, 4.69) is 48.0 Å².